The Morgan fingerprint density at radius 3 is 2.50 bits per heavy atom. The molecule has 0 aliphatic heterocycles. The smallest absolute Gasteiger partial charge is 0.237 e. The minimum Gasteiger partial charge on any atom is -0.495 e. The maximum atomic E-state index is 12.5. The zero-order chi connectivity index (χ0) is 19.3. The lowest BCUT2D eigenvalue weighted by molar-refractivity contribution is -0.115. The molecule has 0 radical (unpaired) electrons. The van der Waals surface area contributed by atoms with Crippen LogP contribution in [0.25, 0.3) is 0 Å². The SMILES string of the molecule is COc1ccc(NC(=O)C(C)Sc2cc(Cl)ccc2Cl)cc1NC(C)=O. The first-order chi connectivity index (χ1) is 12.3. The minimum atomic E-state index is -0.405. The van der Waals surface area contributed by atoms with Crippen LogP contribution in [0.2, 0.25) is 10.0 Å². The van der Waals surface area contributed by atoms with Gasteiger partial charge in [-0.05, 0) is 43.3 Å². The first-order valence-corrected chi connectivity index (χ1v) is 9.32. The second kappa shape index (κ2) is 9.16. The lowest BCUT2D eigenvalue weighted by atomic mass is 10.2. The molecule has 0 saturated heterocycles. The molecule has 0 aliphatic rings. The van der Waals surface area contributed by atoms with Gasteiger partial charge in [-0.25, -0.2) is 0 Å². The standard InChI is InChI=1S/C18H18Cl2N2O3S/c1-10(26-17-8-12(19)4-6-14(17)20)18(24)22-13-5-7-16(25-3)15(9-13)21-11(2)23/h4-10H,1-3H3,(H,21,23)(H,22,24). The molecule has 8 heteroatoms. The average Bonchev–Trinajstić information content (AvgIpc) is 2.57. The highest BCUT2D eigenvalue weighted by molar-refractivity contribution is 8.00. The molecule has 2 aromatic carbocycles. The molecule has 138 valence electrons. The van der Waals surface area contributed by atoms with Crippen molar-refractivity contribution >= 4 is 58.2 Å². The van der Waals surface area contributed by atoms with Crippen molar-refractivity contribution in [3.63, 3.8) is 0 Å². The summed E-state index contributed by atoms with van der Waals surface area (Å²) in [6.45, 7) is 3.17. The molecular formula is C18H18Cl2N2O3S. The van der Waals surface area contributed by atoms with E-state index in [-0.39, 0.29) is 11.8 Å². The van der Waals surface area contributed by atoms with E-state index in [0.717, 1.165) is 4.90 Å². The van der Waals surface area contributed by atoms with Gasteiger partial charge in [0.05, 0.1) is 23.1 Å². The van der Waals surface area contributed by atoms with E-state index in [9.17, 15) is 9.59 Å². The fourth-order valence-electron chi connectivity index (χ4n) is 2.13. The number of methoxy groups -OCH3 is 1. The Hall–Kier alpha value is -1.89. The van der Waals surface area contributed by atoms with Gasteiger partial charge < -0.3 is 15.4 Å². The van der Waals surface area contributed by atoms with Crippen molar-refractivity contribution in [1.29, 1.82) is 0 Å². The summed E-state index contributed by atoms with van der Waals surface area (Å²) >= 11 is 13.4. The molecule has 0 spiro atoms. The van der Waals surface area contributed by atoms with Gasteiger partial charge in [-0.3, -0.25) is 9.59 Å². The Labute approximate surface area is 166 Å². The normalized spacial score (nSPS) is 11.6. The Kier molecular flexibility index (Phi) is 7.20. The van der Waals surface area contributed by atoms with Crippen LogP contribution in [-0.4, -0.2) is 24.2 Å². The minimum absolute atomic E-state index is 0.204. The zero-order valence-electron chi connectivity index (χ0n) is 14.4. The summed E-state index contributed by atoms with van der Waals surface area (Å²) in [4.78, 5) is 24.5. The van der Waals surface area contributed by atoms with Crippen LogP contribution in [0.5, 0.6) is 5.75 Å². The number of hydrogen-bond donors (Lipinski definition) is 2. The third-order valence-corrected chi connectivity index (χ3v) is 5.18. The highest BCUT2D eigenvalue weighted by atomic mass is 35.5. The largest absolute Gasteiger partial charge is 0.495 e. The summed E-state index contributed by atoms with van der Waals surface area (Å²) in [5.74, 6) is 0.0719. The predicted molar refractivity (Wildman–Crippen MR) is 108 cm³/mol. The summed E-state index contributed by atoms with van der Waals surface area (Å²) in [7, 11) is 1.51. The lowest BCUT2D eigenvalue weighted by Crippen LogP contribution is -2.22. The predicted octanol–water partition coefficient (Wildman–Crippen LogP) is 5.08. The van der Waals surface area contributed by atoms with Gasteiger partial charge in [0.2, 0.25) is 11.8 Å². The van der Waals surface area contributed by atoms with Crippen LogP contribution in [0.15, 0.2) is 41.3 Å². The van der Waals surface area contributed by atoms with Gasteiger partial charge in [0.25, 0.3) is 0 Å². The molecular weight excluding hydrogens is 395 g/mol. The molecule has 2 aromatic rings. The number of benzene rings is 2. The number of carbonyl (C=O) groups is 2. The van der Waals surface area contributed by atoms with Crippen LogP contribution < -0.4 is 15.4 Å². The van der Waals surface area contributed by atoms with Crippen molar-refractivity contribution in [1.82, 2.24) is 0 Å². The molecule has 2 N–H and O–H groups in total. The second-order valence-electron chi connectivity index (χ2n) is 5.42. The van der Waals surface area contributed by atoms with E-state index >= 15 is 0 Å². The van der Waals surface area contributed by atoms with Crippen molar-refractivity contribution in [2.45, 2.75) is 24.0 Å². The third-order valence-electron chi connectivity index (χ3n) is 3.34. The maximum absolute atomic E-state index is 12.5. The van der Waals surface area contributed by atoms with Gasteiger partial charge in [-0.1, -0.05) is 23.2 Å². The number of nitrogens with one attached hydrogen (secondary N) is 2. The summed E-state index contributed by atoms with van der Waals surface area (Å²) in [5, 5.41) is 6.17. The molecule has 1 atom stereocenters. The van der Waals surface area contributed by atoms with Crippen LogP contribution in [0.4, 0.5) is 11.4 Å². The lowest BCUT2D eigenvalue weighted by Gasteiger charge is -2.15. The molecule has 2 amide bonds. The van der Waals surface area contributed by atoms with Crippen LogP contribution in [0, 0.1) is 0 Å². The van der Waals surface area contributed by atoms with Crippen LogP contribution in [-0.2, 0) is 9.59 Å². The van der Waals surface area contributed by atoms with E-state index in [1.54, 1.807) is 43.3 Å². The summed E-state index contributed by atoms with van der Waals surface area (Å²) in [6.07, 6.45) is 0. The topological polar surface area (TPSA) is 67.4 Å². The van der Waals surface area contributed by atoms with Gasteiger partial charge in [-0.15, -0.1) is 11.8 Å². The van der Waals surface area contributed by atoms with Crippen molar-refractivity contribution in [3.8, 4) is 5.75 Å². The van der Waals surface area contributed by atoms with Crippen LogP contribution >= 0.6 is 35.0 Å². The molecule has 2 rings (SSSR count). The highest BCUT2D eigenvalue weighted by Gasteiger charge is 2.17. The van der Waals surface area contributed by atoms with E-state index in [4.69, 9.17) is 27.9 Å². The molecule has 0 bridgehead atoms. The summed E-state index contributed by atoms with van der Waals surface area (Å²) in [6, 6.07) is 10.1. The number of hydrogen-bond acceptors (Lipinski definition) is 4. The van der Waals surface area contributed by atoms with Gasteiger partial charge in [-0.2, -0.15) is 0 Å². The van der Waals surface area contributed by atoms with Crippen molar-refractivity contribution < 1.29 is 14.3 Å². The summed E-state index contributed by atoms with van der Waals surface area (Å²) < 4.78 is 5.20. The number of anilines is 2. The molecule has 26 heavy (non-hydrogen) atoms. The van der Waals surface area contributed by atoms with Gasteiger partial charge in [0.15, 0.2) is 0 Å². The van der Waals surface area contributed by atoms with Crippen molar-refractivity contribution in [3.05, 3.63) is 46.4 Å². The second-order valence-corrected chi connectivity index (χ2v) is 7.65. The number of halogens is 2. The van der Waals surface area contributed by atoms with Gasteiger partial charge >= 0.3 is 0 Å². The van der Waals surface area contributed by atoms with Crippen LogP contribution in [0.3, 0.4) is 0 Å². The quantitative estimate of drug-likeness (QED) is 0.649. The third kappa shape index (κ3) is 5.56. The van der Waals surface area contributed by atoms with Crippen molar-refractivity contribution in [2.75, 3.05) is 17.7 Å². The molecule has 0 aromatic heterocycles. The molecule has 0 fully saturated rings. The zero-order valence-corrected chi connectivity index (χ0v) is 16.8. The molecule has 5 nitrogen and oxygen atoms in total. The Morgan fingerprint density at radius 1 is 1.12 bits per heavy atom. The number of rotatable bonds is 6. The van der Waals surface area contributed by atoms with Gasteiger partial charge in [0.1, 0.15) is 5.75 Å². The van der Waals surface area contributed by atoms with E-state index in [0.29, 0.717) is 27.2 Å². The summed E-state index contributed by atoms with van der Waals surface area (Å²) in [5.41, 5.74) is 1.03. The highest BCUT2D eigenvalue weighted by Crippen LogP contribution is 2.33. The fourth-order valence-corrected chi connectivity index (χ4v) is 3.54. The van der Waals surface area contributed by atoms with Gasteiger partial charge in [0, 0.05) is 22.5 Å². The first kappa shape index (κ1) is 20.4. The van der Waals surface area contributed by atoms with E-state index < -0.39 is 5.25 Å². The number of ether oxygens (including phenoxy) is 1. The monoisotopic (exact) mass is 412 g/mol. The molecule has 0 saturated carbocycles. The Balaban J connectivity index is 2.11. The van der Waals surface area contributed by atoms with E-state index in [2.05, 4.69) is 10.6 Å². The number of carbonyl (C=O) groups excluding carboxylic acids is 2. The maximum Gasteiger partial charge on any atom is 0.237 e. The Bertz CT molecular complexity index is 830. The number of thioether (sulfide) groups is 1. The first-order valence-electron chi connectivity index (χ1n) is 7.68. The number of amides is 2. The fraction of sp³-hybridized carbons (Fsp3) is 0.222. The average molecular weight is 413 g/mol. The molecule has 1 unspecified atom stereocenters. The molecule has 0 heterocycles. The van der Waals surface area contributed by atoms with E-state index in [1.807, 2.05) is 0 Å². The Morgan fingerprint density at radius 2 is 1.85 bits per heavy atom. The van der Waals surface area contributed by atoms with Crippen LogP contribution in [0.1, 0.15) is 13.8 Å². The van der Waals surface area contributed by atoms with Crippen molar-refractivity contribution in [2.24, 2.45) is 0 Å². The molecule has 0 aliphatic carbocycles. The van der Waals surface area contributed by atoms with E-state index in [1.165, 1.54) is 25.8 Å².